The number of aliphatic hydroxyl groups excluding tert-OH is 1. The van der Waals surface area contributed by atoms with E-state index in [4.69, 9.17) is 14.2 Å². The molecule has 0 fully saturated rings. The van der Waals surface area contributed by atoms with Crippen LogP contribution in [0.2, 0.25) is 0 Å². The summed E-state index contributed by atoms with van der Waals surface area (Å²) in [5, 5.41) is 14.2. The number of halogens is 1. The molecular weight excluding hydrogens is 366 g/mol. The zero-order valence-corrected chi connectivity index (χ0v) is 17.2. The van der Waals surface area contributed by atoms with Crippen LogP contribution in [0, 0.1) is 0 Å². The van der Waals surface area contributed by atoms with E-state index in [0.29, 0.717) is 18.0 Å². The van der Waals surface area contributed by atoms with Crippen LogP contribution in [0.1, 0.15) is 32.4 Å². The van der Waals surface area contributed by atoms with Crippen molar-refractivity contribution in [3.8, 4) is 28.4 Å². The molecule has 2 aromatic carbocycles. The minimum absolute atomic E-state index is 0. The SMILES string of the molecule is COc1cccc2c1-c1c(OC)cccc1C(C(O)CNC(C)(C)C)O2.Cl. The minimum atomic E-state index is -0.709. The Kier molecular flexibility index (Phi) is 6.63. The van der Waals surface area contributed by atoms with Gasteiger partial charge in [0.1, 0.15) is 23.4 Å². The molecule has 0 bridgehead atoms. The number of hydrogen-bond acceptors (Lipinski definition) is 5. The number of β-amino-alcohol motifs (C(OH)–C–C–N with tert-alkyl or cyclic N) is 1. The van der Waals surface area contributed by atoms with Crippen LogP contribution < -0.4 is 19.5 Å². The molecule has 2 unspecified atom stereocenters. The highest BCUT2D eigenvalue weighted by atomic mass is 35.5. The molecule has 0 amide bonds. The molecule has 0 saturated heterocycles. The van der Waals surface area contributed by atoms with Crippen LogP contribution in [0.15, 0.2) is 36.4 Å². The molecule has 0 aromatic heterocycles. The van der Waals surface area contributed by atoms with Gasteiger partial charge >= 0.3 is 0 Å². The van der Waals surface area contributed by atoms with Gasteiger partial charge in [-0.3, -0.25) is 0 Å². The Morgan fingerprint density at radius 2 is 1.63 bits per heavy atom. The number of fused-ring (bicyclic) bond motifs is 3. The molecule has 6 heteroatoms. The predicted octanol–water partition coefficient (Wildman–Crippen LogP) is 3.98. The zero-order chi connectivity index (χ0) is 18.9. The highest BCUT2D eigenvalue weighted by Gasteiger charge is 2.35. The van der Waals surface area contributed by atoms with Gasteiger partial charge in [-0.05, 0) is 39.0 Å². The van der Waals surface area contributed by atoms with Crippen LogP contribution in [0.3, 0.4) is 0 Å². The van der Waals surface area contributed by atoms with Crippen LogP contribution in [0.25, 0.3) is 11.1 Å². The van der Waals surface area contributed by atoms with E-state index in [-0.39, 0.29) is 17.9 Å². The molecule has 2 aromatic rings. The van der Waals surface area contributed by atoms with Crippen molar-refractivity contribution in [1.29, 1.82) is 0 Å². The fraction of sp³-hybridized carbons (Fsp3) is 0.429. The number of nitrogens with one attached hydrogen (secondary N) is 1. The summed E-state index contributed by atoms with van der Waals surface area (Å²) in [7, 11) is 3.28. The van der Waals surface area contributed by atoms with Crippen molar-refractivity contribution in [2.75, 3.05) is 20.8 Å². The first-order chi connectivity index (χ1) is 12.4. The van der Waals surface area contributed by atoms with E-state index in [0.717, 1.165) is 22.4 Å². The summed E-state index contributed by atoms with van der Waals surface area (Å²) in [5.41, 5.74) is 2.57. The average molecular weight is 394 g/mol. The van der Waals surface area contributed by atoms with E-state index in [1.807, 2.05) is 36.4 Å². The highest BCUT2D eigenvalue weighted by Crippen LogP contribution is 2.51. The largest absolute Gasteiger partial charge is 0.496 e. The molecule has 0 radical (unpaired) electrons. The van der Waals surface area contributed by atoms with Gasteiger partial charge in [-0.1, -0.05) is 18.2 Å². The van der Waals surface area contributed by atoms with Gasteiger partial charge in [-0.2, -0.15) is 0 Å². The summed E-state index contributed by atoms with van der Waals surface area (Å²) in [6.45, 7) is 6.62. The molecule has 0 aliphatic carbocycles. The quantitative estimate of drug-likeness (QED) is 0.804. The first-order valence-electron chi connectivity index (χ1n) is 8.79. The molecule has 1 aliphatic rings. The third kappa shape index (κ3) is 4.32. The topological polar surface area (TPSA) is 60.0 Å². The van der Waals surface area contributed by atoms with Crippen LogP contribution in [-0.4, -0.2) is 37.5 Å². The molecule has 0 spiro atoms. The standard InChI is InChI=1S/C21H27NO4.ClH/c1-21(2,3)22-12-14(23)20-13-8-6-9-15(24-4)18(13)19-16(25-5)10-7-11-17(19)26-20;/h6-11,14,20,22-23H,12H2,1-5H3;1H. The van der Waals surface area contributed by atoms with Gasteiger partial charge in [0.05, 0.1) is 19.8 Å². The fourth-order valence-corrected chi connectivity index (χ4v) is 3.25. The molecule has 2 N–H and O–H groups in total. The fourth-order valence-electron chi connectivity index (χ4n) is 3.25. The number of methoxy groups -OCH3 is 2. The second kappa shape index (κ2) is 8.38. The maximum atomic E-state index is 10.8. The van der Waals surface area contributed by atoms with Crippen LogP contribution in [-0.2, 0) is 0 Å². The van der Waals surface area contributed by atoms with E-state index < -0.39 is 12.2 Å². The van der Waals surface area contributed by atoms with Gasteiger partial charge in [0, 0.05) is 23.2 Å². The van der Waals surface area contributed by atoms with Gasteiger partial charge in [-0.25, -0.2) is 0 Å². The van der Waals surface area contributed by atoms with Crippen molar-refractivity contribution in [3.63, 3.8) is 0 Å². The molecular formula is C21H28ClNO4. The third-order valence-corrected chi connectivity index (χ3v) is 4.49. The highest BCUT2D eigenvalue weighted by molar-refractivity contribution is 5.86. The molecule has 3 rings (SSSR count). The van der Waals surface area contributed by atoms with E-state index in [1.54, 1.807) is 14.2 Å². The molecule has 1 aliphatic heterocycles. The summed E-state index contributed by atoms with van der Waals surface area (Å²) in [6.07, 6.45) is -1.20. The second-order valence-corrected chi connectivity index (χ2v) is 7.49. The minimum Gasteiger partial charge on any atom is -0.496 e. The first-order valence-corrected chi connectivity index (χ1v) is 8.79. The van der Waals surface area contributed by atoms with Gasteiger partial charge in [0.25, 0.3) is 0 Å². The monoisotopic (exact) mass is 393 g/mol. The van der Waals surface area contributed by atoms with Crippen LogP contribution in [0.5, 0.6) is 17.2 Å². The Hall–Kier alpha value is -1.95. The predicted molar refractivity (Wildman–Crippen MR) is 109 cm³/mol. The zero-order valence-electron chi connectivity index (χ0n) is 16.4. The van der Waals surface area contributed by atoms with Crippen LogP contribution >= 0.6 is 12.4 Å². The number of ether oxygens (including phenoxy) is 3. The van der Waals surface area contributed by atoms with Crippen molar-refractivity contribution in [3.05, 3.63) is 42.0 Å². The summed E-state index contributed by atoms with van der Waals surface area (Å²) in [4.78, 5) is 0. The molecule has 0 saturated carbocycles. The lowest BCUT2D eigenvalue weighted by atomic mass is 9.89. The molecule has 27 heavy (non-hydrogen) atoms. The second-order valence-electron chi connectivity index (χ2n) is 7.49. The summed E-state index contributed by atoms with van der Waals surface area (Å²) in [6, 6.07) is 11.5. The van der Waals surface area contributed by atoms with Gasteiger partial charge in [-0.15, -0.1) is 12.4 Å². The van der Waals surface area contributed by atoms with Crippen LogP contribution in [0.4, 0.5) is 0 Å². The normalized spacial score (nSPS) is 16.3. The smallest absolute Gasteiger partial charge is 0.152 e. The van der Waals surface area contributed by atoms with Crippen molar-refractivity contribution in [2.45, 2.75) is 38.5 Å². The number of hydrogen-bond donors (Lipinski definition) is 2. The Bertz CT molecular complexity index is 788. The number of benzene rings is 2. The Morgan fingerprint density at radius 3 is 2.22 bits per heavy atom. The molecule has 1 heterocycles. The van der Waals surface area contributed by atoms with E-state index in [1.165, 1.54) is 0 Å². The van der Waals surface area contributed by atoms with E-state index in [2.05, 4.69) is 26.1 Å². The van der Waals surface area contributed by atoms with E-state index in [9.17, 15) is 5.11 Å². The average Bonchev–Trinajstić information content (AvgIpc) is 2.63. The van der Waals surface area contributed by atoms with Crippen molar-refractivity contribution in [2.24, 2.45) is 0 Å². The molecule has 2 atom stereocenters. The summed E-state index contributed by atoms with van der Waals surface area (Å²) in [5.74, 6) is 2.13. The molecule has 5 nitrogen and oxygen atoms in total. The molecule has 148 valence electrons. The Balaban J connectivity index is 0.00000261. The van der Waals surface area contributed by atoms with Crippen molar-refractivity contribution >= 4 is 12.4 Å². The third-order valence-electron chi connectivity index (χ3n) is 4.49. The van der Waals surface area contributed by atoms with Gasteiger partial charge in [0.2, 0.25) is 0 Å². The summed E-state index contributed by atoms with van der Waals surface area (Å²) < 4.78 is 17.4. The van der Waals surface area contributed by atoms with Gasteiger partial charge < -0.3 is 24.6 Å². The lowest BCUT2D eigenvalue weighted by Crippen LogP contribution is -2.44. The maximum absolute atomic E-state index is 10.8. The van der Waals surface area contributed by atoms with Crippen molar-refractivity contribution < 1.29 is 19.3 Å². The maximum Gasteiger partial charge on any atom is 0.152 e. The van der Waals surface area contributed by atoms with Crippen molar-refractivity contribution in [1.82, 2.24) is 5.32 Å². The lowest BCUT2D eigenvalue weighted by Gasteiger charge is -2.34. The number of rotatable bonds is 5. The Labute approximate surface area is 167 Å². The number of aliphatic hydroxyl groups is 1. The van der Waals surface area contributed by atoms with E-state index >= 15 is 0 Å². The lowest BCUT2D eigenvalue weighted by molar-refractivity contribution is 0.0302. The van der Waals surface area contributed by atoms with Gasteiger partial charge in [0.15, 0.2) is 6.10 Å². The Morgan fingerprint density at radius 1 is 1.04 bits per heavy atom. The summed E-state index contributed by atoms with van der Waals surface area (Å²) >= 11 is 0. The first kappa shape index (κ1) is 21.4.